The highest BCUT2D eigenvalue weighted by Crippen LogP contribution is 2.45. The first-order valence-electron chi connectivity index (χ1n) is 14.9. The molecule has 8 rings (SSSR count). The Kier molecular flexibility index (Phi) is 5.45. The van der Waals surface area contributed by atoms with Crippen molar-refractivity contribution in [2.75, 3.05) is 0 Å². The van der Waals surface area contributed by atoms with E-state index >= 15 is 0 Å². The number of hydrogen-bond donors (Lipinski definition) is 0. The van der Waals surface area contributed by atoms with E-state index in [9.17, 15) is 0 Å². The van der Waals surface area contributed by atoms with Crippen molar-refractivity contribution < 1.29 is 4.57 Å². The van der Waals surface area contributed by atoms with Crippen LogP contribution in [0.4, 0.5) is 0 Å². The number of rotatable bonds is 3. The maximum Gasteiger partial charge on any atom is 0.258 e. The summed E-state index contributed by atoms with van der Waals surface area (Å²) < 4.78 is 9.07. The van der Waals surface area contributed by atoms with Gasteiger partial charge in [-0.2, -0.15) is 0 Å². The van der Waals surface area contributed by atoms with Crippen LogP contribution in [0.15, 0.2) is 116 Å². The van der Waals surface area contributed by atoms with Crippen LogP contribution < -0.4 is 4.57 Å². The molecular formula is C38H34N5+. The second-order valence-electron chi connectivity index (χ2n) is 12.5. The molecule has 0 unspecified atom stereocenters. The van der Waals surface area contributed by atoms with Gasteiger partial charge in [0.1, 0.15) is 29.4 Å². The third kappa shape index (κ3) is 3.71. The van der Waals surface area contributed by atoms with Crippen molar-refractivity contribution in [2.45, 2.75) is 33.1 Å². The van der Waals surface area contributed by atoms with Crippen LogP contribution in [0.3, 0.4) is 0 Å². The Morgan fingerprint density at radius 3 is 1.74 bits per heavy atom. The smallest absolute Gasteiger partial charge is 0.258 e. The van der Waals surface area contributed by atoms with Crippen molar-refractivity contribution >= 4 is 43.9 Å². The summed E-state index contributed by atoms with van der Waals surface area (Å²) in [4.78, 5) is 5.62. The molecule has 0 fully saturated rings. The predicted octanol–water partition coefficient (Wildman–Crippen LogP) is 8.50. The number of aromatic nitrogens is 5. The lowest BCUT2D eigenvalue weighted by Crippen LogP contribution is -2.29. The van der Waals surface area contributed by atoms with Gasteiger partial charge in [-0.1, -0.05) is 81.4 Å². The molecule has 0 saturated heterocycles. The fourth-order valence-corrected chi connectivity index (χ4v) is 6.84. The summed E-state index contributed by atoms with van der Waals surface area (Å²) in [5.41, 5.74) is 8.81. The van der Waals surface area contributed by atoms with Crippen molar-refractivity contribution in [2.24, 2.45) is 7.05 Å². The van der Waals surface area contributed by atoms with Crippen LogP contribution in [-0.4, -0.2) is 18.7 Å². The van der Waals surface area contributed by atoms with E-state index in [0.29, 0.717) is 0 Å². The Bertz CT molecular complexity index is 2340. The number of imidazole rings is 1. The standard InChI is InChI=1S/C38H34N5/c1-25-40(5)22-23-41(25)27-16-13-17-28(24-27)43-32-21-12-10-19-30(32)34-35(38(2,3)4)33-29-18-9-11-20-31(29)42(36(33)39-37(34)43)26-14-7-6-8-15-26/h6-24H,1-5H3/q+1. The molecular weight excluding hydrogens is 526 g/mol. The molecule has 0 aliphatic rings. The van der Waals surface area contributed by atoms with Crippen LogP contribution in [0.25, 0.3) is 60.9 Å². The third-order valence-corrected chi connectivity index (χ3v) is 8.84. The number of aryl methyl sites for hydroxylation is 1. The van der Waals surface area contributed by atoms with Gasteiger partial charge < -0.3 is 0 Å². The molecule has 0 radical (unpaired) electrons. The van der Waals surface area contributed by atoms with Gasteiger partial charge >= 0.3 is 0 Å². The van der Waals surface area contributed by atoms with Gasteiger partial charge in [0.25, 0.3) is 5.82 Å². The fourth-order valence-electron chi connectivity index (χ4n) is 6.84. The lowest BCUT2D eigenvalue weighted by molar-refractivity contribution is -0.677. The Morgan fingerprint density at radius 2 is 1.16 bits per heavy atom. The molecule has 4 aromatic heterocycles. The zero-order valence-corrected chi connectivity index (χ0v) is 25.2. The number of fused-ring (bicyclic) bond motifs is 6. The Labute approximate surface area is 250 Å². The van der Waals surface area contributed by atoms with Gasteiger partial charge in [-0.3, -0.25) is 9.13 Å². The van der Waals surface area contributed by atoms with Crippen LogP contribution in [-0.2, 0) is 12.5 Å². The van der Waals surface area contributed by atoms with Crippen LogP contribution >= 0.6 is 0 Å². The minimum absolute atomic E-state index is 0.140. The number of para-hydroxylation sites is 3. The lowest BCUT2D eigenvalue weighted by Gasteiger charge is -2.22. The van der Waals surface area contributed by atoms with E-state index in [2.05, 4.69) is 169 Å². The van der Waals surface area contributed by atoms with Gasteiger partial charge in [-0.25, -0.2) is 14.1 Å². The molecule has 0 N–H and O–H groups in total. The summed E-state index contributed by atoms with van der Waals surface area (Å²) in [6.45, 7) is 9.13. The minimum Gasteiger partial charge on any atom is -0.294 e. The number of pyridine rings is 1. The van der Waals surface area contributed by atoms with Gasteiger partial charge in [-0.05, 0) is 47.4 Å². The van der Waals surface area contributed by atoms with E-state index in [1.54, 1.807) is 0 Å². The molecule has 0 atom stereocenters. The van der Waals surface area contributed by atoms with Crippen molar-refractivity contribution in [1.29, 1.82) is 0 Å². The summed E-state index contributed by atoms with van der Waals surface area (Å²) in [6.07, 6.45) is 4.22. The summed E-state index contributed by atoms with van der Waals surface area (Å²) in [7, 11) is 2.08. The summed E-state index contributed by atoms with van der Waals surface area (Å²) >= 11 is 0. The highest BCUT2D eigenvalue weighted by molar-refractivity contribution is 6.20. The first-order chi connectivity index (χ1) is 20.8. The molecule has 0 bridgehead atoms. The molecule has 0 aliphatic carbocycles. The summed E-state index contributed by atoms with van der Waals surface area (Å²) in [5, 5.41) is 4.91. The van der Waals surface area contributed by atoms with Gasteiger partial charge in [0.15, 0.2) is 0 Å². The van der Waals surface area contributed by atoms with E-state index in [4.69, 9.17) is 4.98 Å². The Hall–Kier alpha value is -5.16. The van der Waals surface area contributed by atoms with Gasteiger partial charge in [0, 0.05) is 40.2 Å². The monoisotopic (exact) mass is 560 g/mol. The molecule has 0 spiro atoms. The van der Waals surface area contributed by atoms with E-state index < -0.39 is 0 Å². The molecule has 43 heavy (non-hydrogen) atoms. The molecule has 5 nitrogen and oxygen atoms in total. The average molecular weight is 561 g/mol. The zero-order chi connectivity index (χ0) is 29.5. The highest BCUT2D eigenvalue weighted by Gasteiger charge is 2.29. The predicted molar refractivity (Wildman–Crippen MR) is 177 cm³/mol. The lowest BCUT2D eigenvalue weighted by atomic mass is 9.82. The van der Waals surface area contributed by atoms with Crippen molar-refractivity contribution in [1.82, 2.24) is 18.7 Å². The fraction of sp³-hybridized carbons (Fsp3) is 0.158. The quantitative estimate of drug-likeness (QED) is 0.199. The third-order valence-electron chi connectivity index (χ3n) is 8.84. The maximum atomic E-state index is 5.62. The van der Waals surface area contributed by atoms with Crippen molar-refractivity contribution in [3.63, 3.8) is 0 Å². The van der Waals surface area contributed by atoms with Crippen LogP contribution in [0.2, 0.25) is 0 Å². The number of hydrogen-bond acceptors (Lipinski definition) is 1. The van der Waals surface area contributed by atoms with E-state index in [-0.39, 0.29) is 5.41 Å². The Balaban J connectivity index is 1.57. The molecule has 0 amide bonds. The number of benzene rings is 4. The summed E-state index contributed by atoms with van der Waals surface area (Å²) in [6, 6.07) is 36.9. The maximum absolute atomic E-state index is 5.62. The van der Waals surface area contributed by atoms with Gasteiger partial charge in [0.2, 0.25) is 0 Å². The largest absolute Gasteiger partial charge is 0.294 e. The molecule has 5 heteroatoms. The molecule has 0 saturated carbocycles. The molecule has 8 aromatic rings. The SMILES string of the molecule is Cc1n(-c2cccc(-n3c4ccccc4c4c(C(C)(C)C)c5c6ccccc6n(-c6ccccc6)c5nc43)c2)cc[n+]1C. The average Bonchev–Trinajstić information content (AvgIpc) is 3.64. The first kappa shape index (κ1) is 25.5. The first-order valence-corrected chi connectivity index (χ1v) is 14.9. The molecule has 0 aliphatic heterocycles. The second kappa shape index (κ2) is 9.17. The Morgan fingerprint density at radius 1 is 0.628 bits per heavy atom. The molecule has 210 valence electrons. The normalized spacial score (nSPS) is 12.3. The highest BCUT2D eigenvalue weighted by atomic mass is 15.1. The van der Waals surface area contributed by atoms with Crippen LogP contribution in [0, 0.1) is 6.92 Å². The van der Waals surface area contributed by atoms with Crippen molar-refractivity contribution in [3.05, 3.63) is 127 Å². The molecule has 4 aromatic carbocycles. The number of nitrogens with zero attached hydrogens (tertiary/aromatic N) is 5. The summed E-state index contributed by atoms with van der Waals surface area (Å²) in [5.74, 6) is 1.17. The van der Waals surface area contributed by atoms with Crippen LogP contribution in [0.5, 0.6) is 0 Å². The van der Waals surface area contributed by atoms with Gasteiger partial charge in [-0.15, -0.1) is 0 Å². The van der Waals surface area contributed by atoms with E-state index in [1.807, 2.05) is 0 Å². The minimum atomic E-state index is -0.140. The van der Waals surface area contributed by atoms with Crippen molar-refractivity contribution in [3.8, 4) is 17.1 Å². The van der Waals surface area contributed by atoms with E-state index in [1.165, 1.54) is 38.4 Å². The topological polar surface area (TPSA) is 31.6 Å². The van der Waals surface area contributed by atoms with Crippen LogP contribution in [0.1, 0.15) is 32.2 Å². The van der Waals surface area contributed by atoms with E-state index in [0.717, 1.165) is 33.9 Å². The zero-order valence-electron chi connectivity index (χ0n) is 25.2. The second-order valence-corrected chi connectivity index (χ2v) is 12.5. The van der Waals surface area contributed by atoms with Gasteiger partial charge in [0.05, 0.1) is 23.8 Å². The molecule has 4 heterocycles.